The van der Waals surface area contributed by atoms with E-state index in [0.717, 1.165) is 30.4 Å². The Morgan fingerprint density at radius 3 is 2.54 bits per heavy atom. The Morgan fingerprint density at radius 1 is 1.46 bits per heavy atom. The maximum atomic E-state index is 5.83. The molecule has 2 heterocycles. The number of hydrogen-bond acceptors (Lipinski definition) is 3. The van der Waals surface area contributed by atoms with Gasteiger partial charge in [0, 0.05) is 19.2 Å². The summed E-state index contributed by atoms with van der Waals surface area (Å²) < 4.78 is 11.2. The van der Waals surface area contributed by atoms with E-state index in [1.54, 1.807) is 0 Å². The van der Waals surface area contributed by atoms with Gasteiger partial charge < -0.3 is 14.5 Å². The van der Waals surface area contributed by atoms with Crippen molar-refractivity contribution in [3.05, 3.63) is 17.6 Å². The first-order chi connectivity index (χ1) is 6.09. The van der Waals surface area contributed by atoms with Crippen molar-refractivity contribution in [2.45, 2.75) is 26.4 Å². The molecule has 0 saturated carbocycles. The van der Waals surface area contributed by atoms with Crippen LogP contribution in [0.15, 0.2) is 10.5 Å². The predicted molar refractivity (Wildman–Crippen MR) is 50.1 cm³/mol. The number of aryl methyl sites for hydroxylation is 2. The molecular formula is C10H15NO2. The van der Waals surface area contributed by atoms with Gasteiger partial charge in [0.05, 0.1) is 0 Å². The molecule has 0 amide bonds. The smallest absolute Gasteiger partial charge is 0.161 e. The first-order valence-electron chi connectivity index (χ1n) is 4.56. The van der Waals surface area contributed by atoms with E-state index in [2.05, 4.69) is 12.2 Å². The lowest BCUT2D eigenvalue weighted by Crippen LogP contribution is -2.61. The first kappa shape index (κ1) is 8.63. The van der Waals surface area contributed by atoms with Crippen molar-refractivity contribution >= 4 is 0 Å². The second-order valence-electron chi connectivity index (χ2n) is 3.93. The molecule has 13 heavy (non-hydrogen) atoms. The second kappa shape index (κ2) is 2.77. The fourth-order valence-corrected chi connectivity index (χ4v) is 1.52. The molecule has 3 heteroatoms. The van der Waals surface area contributed by atoms with Gasteiger partial charge in [0.2, 0.25) is 0 Å². The van der Waals surface area contributed by atoms with Gasteiger partial charge in [0.25, 0.3) is 0 Å². The van der Waals surface area contributed by atoms with E-state index in [4.69, 9.17) is 9.15 Å². The van der Waals surface area contributed by atoms with E-state index in [9.17, 15) is 0 Å². The molecule has 1 N–H and O–H groups in total. The Bertz CT molecular complexity index is 313. The van der Waals surface area contributed by atoms with Gasteiger partial charge >= 0.3 is 0 Å². The van der Waals surface area contributed by atoms with Crippen molar-refractivity contribution in [2.75, 3.05) is 13.1 Å². The molecule has 0 radical (unpaired) electrons. The fourth-order valence-electron chi connectivity index (χ4n) is 1.52. The maximum Gasteiger partial charge on any atom is 0.161 e. The van der Waals surface area contributed by atoms with Crippen molar-refractivity contribution in [1.82, 2.24) is 5.32 Å². The van der Waals surface area contributed by atoms with Crippen LogP contribution in [-0.4, -0.2) is 18.7 Å². The third kappa shape index (κ3) is 1.56. The Hall–Kier alpha value is -0.960. The summed E-state index contributed by atoms with van der Waals surface area (Å²) in [5, 5.41) is 3.19. The molecule has 0 atom stereocenters. The molecule has 0 aliphatic carbocycles. The third-order valence-electron chi connectivity index (χ3n) is 2.35. The highest BCUT2D eigenvalue weighted by Crippen LogP contribution is 2.27. The van der Waals surface area contributed by atoms with Gasteiger partial charge in [-0.3, -0.25) is 0 Å². The van der Waals surface area contributed by atoms with E-state index in [1.165, 1.54) is 0 Å². The fraction of sp³-hybridized carbons (Fsp3) is 0.600. The molecule has 1 saturated heterocycles. The molecule has 72 valence electrons. The van der Waals surface area contributed by atoms with E-state index in [1.807, 2.05) is 19.9 Å². The van der Waals surface area contributed by atoms with Crippen LogP contribution in [0.3, 0.4) is 0 Å². The highest BCUT2D eigenvalue weighted by Gasteiger charge is 2.34. The van der Waals surface area contributed by atoms with Gasteiger partial charge in [-0.05, 0) is 20.8 Å². The second-order valence-corrected chi connectivity index (χ2v) is 3.93. The zero-order valence-corrected chi connectivity index (χ0v) is 8.31. The topological polar surface area (TPSA) is 34.4 Å². The summed E-state index contributed by atoms with van der Waals surface area (Å²) in [5.74, 6) is 2.65. The SMILES string of the molecule is Cc1cc(OC2(C)CNC2)c(C)o1. The van der Waals surface area contributed by atoms with Gasteiger partial charge in [-0.2, -0.15) is 0 Å². The summed E-state index contributed by atoms with van der Waals surface area (Å²) in [5.41, 5.74) is -0.0406. The van der Waals surface area contributed by atoms with Crippen LogP contribution in [-0.2, 0) is 0 Å². The molecule has 0 bridgehead atoms. The van der Waals surface area contributed by atoms with Gasteiger partial charge in [-0.15, -0.1) is 0 Å². The monoisotopic (exact) mass is 181 g/mol. The highest BCUT2D eigenvalue weighted by atomic mass is 16.5. The van der Waals surface area contributed by atoms with Crippen molar-refractivity contribution < 1.29 is 9.15 Å². The van der Waals surface area contributed by atoms with Crippen LogP contribution in [0.1, 0.15) is 18.4 Å². The minimum Gasteiger partial charge on any atom is -0.481 e. The largest absolute Gasteiger partial charge is 0.481 e. The molecule has 1 aliphatic rings. The standard InChI is InChI=1S/C10H15NO2/c1-7-4-9(8(2)12-7)13-10(3)5-11-6-10/h4,11H,5-6H2,1-3H3. The summed E-state index contributed by atoms with van der Waals surface area (Å²) in [6, 6.07) is 1.94. The van der Waals surface area contributed by atoms with Crippen LogP contribution >= 0.6 is 0 Å². The summed E-state index contributed by atoms with van der Waals surface area (Å²) in [6.07, 6.45) is 0. The summed E-state index contributed by atoms with van der Waals surface area (Å²) in [7, 11) is 0. The highest BCUT2D eigenvalue weighted by molar-refractivity contribution is 5.28. The lowest BCUT2D eigenvalue weighted by Gasteiger charge is -2.39. The van der Waals surface area contributed by atoms with Gasteiger partial charge in [0.15, 0.2) is 5.75 Å². The molecular weight excluding hydrogens is 166 g/mol. The first-order valence-corrected chi connectivity index (χ1v) is 4.56. The molecule has 1 fully saturated rings. The van der Waals surface area contributed by atoms with E-state index in [0.29, 0.717) is 0 Å². The molecule has 3 nitrogen and oxygen atoms in total. The number of furan rings is 1. The van der Waals surface area contributed by atoms with Crippen LogP contribution in [0.4, 0.5) is 0 Å². The van der Waals surface area contributed by atoms with Crippen LogP contribution in [0.25, 0.3) is 0 Å². The van der Waals surface area contributed by atoms with Crippen LogP contribution in [0.2, 0.25) is 0 Å². The molecule has 1 aromatic heterocycles. The average molecular weight is 181 g/mol. The maximum absolute atomic E-state index is 5.83. The summed E-state index contributed by atoms with van der Waals surface area (Å²) in [6.45, 7) is 7.79. The Labute approximate surface area is 78.1 Å². The van der Waals surface area contributed by atoms with E-state index in [-0.39, 0.29) is 5.60 Å². The lowest BCUT2D eigenvalue weighted by molar-refractivity contribution is 0.0333. The Morgan fingerprint density at radius 2 is 2.15 bits per heavy atom. The van der Waals surface area contributed by atoms with E-state index < -0.39 is 0 Å². The average Bonchev–Trinajstić information content (AvgIpc) is 2.27. The minimum absolute atomic E-state index is 0.0406. The van der Waals surface area contributed by atoms with Crippen LogP contribution < -0.4 is 10.1 Å². The molecule has 1 aromatic rings. The van der Waals surface area contributed by atoms with Crippen LogP contribution in [0.5, 0.6) is 5.75 Å². The van der Waals surface area contributed by atoms with Crippen molar-refractivity contribution in [2.24, 2.45) is 0 Å². The number of ether oxygens (including phenoxy) is 1. The van der Waals surface area contributed by atoms with Crippen LogP contribution in [0, 0.1) is 13.8 Å². The normalized spacial score (nSPS) is 19.6. The minimum atomic E-state index is -0.0406. The summed E-state index contributed by atoms with van der Waals surface area (Å²) in [4.78, 5) is 0. The Kier molecular flexibility index (Phi) is 1.84. The predicted octanol–water partition coefficient (Wildman–Crippen LogP) is 1.64. The molecule has 1 aliphatic heterocycles. The Balaban J connectivity index is 2.12. The van der Waals surface area contributed by atoms with Crippen molar-refractivity contribution in [3.63, 3.8) is 0 Å². The number of nitrogens with one attached hydrogen (secondary N) is 1. The third-order valence-corrected chi connectivity index (χ3v) is 2.35. The van der Waals surface area contributed by atoms with Crippen molar-refractivity contribution in [3.8, 4) is 5.75 Å². The molecule has 0 aromatic carbocycles. The van der Waals surface area contributed by atoms with Crippen molar-refractivity contribution in [1.29, 1.82) is 0 Å². The molecule has 2 rings (SSSR count). The van der Waals surface area contributed by atoms with Gasteiger partial charge in [-0.25, -0.2) is 0 Å². The zero-order chi connectivity index (χ0) is 9.47. The molecule has 0 unspecified atom stereocenters. The summed E-state index contributed by atoms with van der Waals surface area (Å²) >= 11 is 0. The lowest BCUT2D eigenvalue weighted by atomic mass is 10.00. The van der Waals surface area contributed by atoms with Gasteiger partial charge in [-0.1, -0.05) is 0 Å². The van der Waals surface area contributed by atoms with Gasteiger partial charge in [0.1, 0.15) is 17.1 Å². The number of rotatable bonds is 2. The van der Waals surface area contributed by atoms with E-state index >= 15 is 0 Å². The quantitative estimate of drug-likeness (QED) is 0.753. The molecule has 0 spiro atoms. The zero-order valence-electron chi connectivity index (χ0n) is 8.31. The number of hydrogen-bond donors (Lipinski definition) is 1.